The first-order valence-electron chi connectivity index (χ1n) is 4.33. The van der Waals surface area contributed by atoms with Gasteiger partial charge in [0.1, 0.15) is 18.3 Å². The number of rotatable bonds is 1. The average Bonchev–Trinajstić information content (AvgIpc) is 2.47. The van der Waals surface area contributed by atoms with Crippen molar-refractivity contribution >= 4 is 0 Å². The fraction of sp³-hybridized carbons (Fsp3) is 1.00. The van der Waals surface area contributed by atoms with Crippen LogP contribution in [0.2, 0.25) is 0 Å². The van der Waals surface area contributed by atoms with E-state index in [4.69, 9.17) is 19.3 Å². The van der Waals surface area contributed by atoms with E-state index in [0.717, 1.165) is 0 Å². The lowest BCUT2D eigenvalue weighted by molar-refractivity contribution is -0.218. The van der Waals surface area contributed by atoms with Gasteiger partial charge in [-0.2, -0.15) is 0 Å². The largest absolute Gasteiger partial charge is 0.394 e. The summed E-state index contributed by atoms with van der Waals surface area (Å²) in [7, 11) is 0. The molecule has 0 aromatic heterocycles. The summed E-state index contributed by atoms with van der Waals surface area (Å²) in [5.41, 5.74) is 0. The summed E-state index contributed by atoms with van der Waals surface area (Å²) < 4.78 is 16.0. The molecule has 0 bridgehead atoms. The van der Waals surface area contributed by atoms with Gasteiger partial charge in [0.2, 0.25) is 0 Å². The highest BCUT2D eigenvalue weighted by Crippen LogP contribution is 2.36. The van der Waals surface area contributed by atoms with Gasteiger partial charge in [-0.3, -0.25) is 0 Å². The lowest BCUT2D eigenvalue weighted by Crippen LogP contribution is -2.36. The SMILES string of the molecule is CC1(C)OC2O[C@H](CO)[C@@H](O)[C@@H]2O1. The van der Waals surface area contributed by atoms with E-state index >= 15 is 0 Å². The predicted molar refractivity (Wildman–Crippen MR) is 41.8 cm³/mol. The normalized spacial score (nSPS) is 48.0. The quantitative estimate of drug-likeness (QED) is 0.567. The van der Waals surface area contributed by atoms with Crippen molar-refractivity contribution in [3.8, 4) is 0 Å². The number of fused-ring (bicyclic) bond motifs is 1. The average molecular weight is 190 g/mol. The van der Waals surface area contributed by atoms with Crippen molar-refractivity contribution in [2.24, 2.45) is 0 Å². The Morgan fingerprint density at radius 3 is 2.54 bits per heavy atom. The first kappa shape index (κ1) is 9.36. The zero-order valence-electron chi connectivity index (χ0n) is 7.64. The standard InChI is InChI=1S/C8H14O5/c1-8(2)12-6-5(10)4(3-9)11-7(6)13-8/h4-7,9-10H,3H2,1-2H3/t4-,5-,6+,7?/m1/s1. The minimum atomic E-state index is -0.809. The molecule has 1 unspecified atom stereocenters. The zero-order chi connectivity index (χ0) is 9.64. The molecule has 0 amide bonds. The number of hydrogen-bond donors (Lipinski definition) is 2. The second-order valence-corrected chi connectivity index (χ2v) is 3.82. The molecule has 2 aliphatic rings. The lowest BCUT2D eigenvalue weighted by atomic mass is 10.1. The van der Waals surface area contributed by atoms with Crippen molar-refractivity contribution in [2.45, 2.75) is 44.2 Å². The lowest BCUT2D eigenvalue weighted by Gasteiger charge is -2.21. The minimum Gasteiger partial charge on any atom is -0.394 e. The van der Waals surface area contributed by atoms with Crippen LogP contribution in [0.15, 0.2) is 0 Å². The predicted octanol–water partition coefficient (Wildman–Crippen LogP) is -0.784. The Morgan fingerprint density at radius 2 is 2.00 bits per heavy atom. The molecule has 5 heteroatoms. The molecule has 13 heavy (non-hydrogen) atoms. The van der Waals surface area contributed by atoms with Crippen LogP contribution in [0.3, 0.4) is 0 Å². The molecule has 0 aliphatic carbocycles. The van der Waals surface area contributed by atoms with Crippen LogP contribution in [0.5, 0.6) is 0 Å². The van der Waals surface area contributed by atoms with Gasteiger partial charge in [0.15, 0.2) is 12.1 Å². The molecule has 0 aromatic carbocycles. The van der Waals surface area contributed by atoms with Crippen LogP contribution in [-0.2, 0) is 14.2 Å². The molecule has 4 atom stereocenters. The minimum absolute atomic E-state index is 0.221. The first-order valence-corrected chi connectivity index (χ1v) is 4.33. The van der Waals surface area contributed by atoms with Crippen molar-refractivity contribution in [1.82, 2.24) is 0 Å². The number of hydrogen-bond acceptors (Lipinski definition) is 5. The van der Waals surface area contributed by atoms with Gasteiger partial charge in [0.05, 0.1) is 6.61 Å². The summed E-state index contributed by atoms with van der Waals surface area (Å²) in [6, 6.07) is 0. The fourth-order valence-corrected chi connectivity index (χ4v) is 1.71. The van der Waals surface area contributed by atoms with Crippen molar-refractivity contribution in [2.75, 3.05) is 6.61 Å². The third-order valence-corrected chi connectivity index (χ3v) is 2.29. The van der Waals surface area contributed by atoms with E-state index in [1.54, 1.807) is 13.8 Å². The Balaban J connectivity index is 2.07. The molecule has 0 radical (unpaired) electrons. The van der Waals surface area contributed by atoms with Crippen molar-refractivity contribution < 1.29 is 24.4 Å². The second kappa shape index (κ2) is 2.90. The molecule has 5 nitrogen and oxygen atoms in total. The van der Waals surface area contributed by atoms with Crippen LogP contribution < -0.4 is 0 Å². The van der Waals surface area contributed by atoms with Crippen LogP contribution in [0.1, 0.15) is 13.8 Å². The van der Waals surface area contributed by atoms with Crippen molar-refractivity contribution in [1.29, 1.82) is 0 Å². The molecular formula is C8H14O5. The van der Waals surface area contributed by atoms with Gasteiger partial charge < -0.3 is 24.4 Å². The van der Waals surface area contributed by atoms with Crippen molar-refractivity contribution in [3.05, 3.63) is 0 Å². The summed E-state index contributed by atoms with van der Waals surface area (Å²) in [5, 5.41) is 18.4. The molecule has 0 saturated carbocycles. The van der Waals surface area contributed by atoms with Crippen LogP contribution in [-0.4, -0.2) is 47.2 Å². The van der Waals surface area contributed by atoms with Gasteiger partial charge >= 0.3 is 0 Å². The Kier molecular flexibility index (Phi) is 2.08. The van der Waals surface area contributed by atoms with Crippen LogP contribution >= 0.6 is 0 Å². The zero-order valence-corrected chi connectivity index (χ0v) is 7.64. The Hall–Kier alpha value is -0.200. The Bertz CT molecular complexity index is 205. The Morgan fingerprint density at radius 1 is 1.31 bits per heavy atom. The van der Waals surface area contributed by atoms with E-state index in [2.05, 4.69) is 0 Å². The van der Waals surface area contributed by atoms with Crippen LogP contribution in [0.4, 0.5) is 0 Å². The highest BCUT2D eigenvalue weighted by atomic mass is 16.8. The highest BCUT2D eigenvalue weighted by molar-refractivity contribution is 4.92. The molecule has 76 valence electrons. The molecule has 2 aliphatic heterocycles. The highest BCUT2D eigenvalue weighted by Gasteiger charge is 2.53. The molecule has 0 aromatic rings. The summed E-state index contributed by atoms with van der Waals surface area (Å²) >= 11 is 0. The molecule has 2 heterocycles. The van der Waals surface area contributed by atoms with E-state index in [0.29, 0.717) is 0 Å². The van der Waals surface area contributed by atoms with Gasteiger partial charge in [-0.05, 0) is 13.8 Å². The first-order chi connectivity index (χ1) is 6.03. The van der Waals surface area contributed by atoms with E-state index in [-0.39, 0.29) is 6.61 Å². The molecule has 0 spiro atoms. The Labute approximate surface area is 76.2 Å². The number of aliphatic hydroxyl groups is 2. The summed E-state index contributed by atoms with van der Waals surface area (Å²) in [6.07, 6.45) is -2.43. The molecule has 2 fully saturated rings. The maximum absolute atomic E-state index is 9.60. The summed E-state index contributed by atoms with van der Waals surface area (Å²) in [5.74, 6) is -0.712. The maximum atomic E-state index is 9.60. The van der Waals surface area contributed by atoms with E-state index in [9.17, 15) is 5.11 Å². The molecule has 2 N–H and O–H groups in total. The van der Waals surface area contributed by atoms with E-state index in [1.807, 2.05) is 0 Å². The molecule has 2 saturated heterocycles. The third-order valence-electron chi connectivity index (χ3n) is 2.29. The fourth-order valence-electron chi connectivity index (χ4n) is 1.71. The third kappa shape index (κ3) is 1.47. The van der Waals surface area contributed by atoms with Gasteiger partial charge in [0, 0.05) is 0 Å². The number of aliphatic hydroxyl groups excluding tert-OH is 2. The van der Waals surface area contributed by atoms with E-state index in [1.165, 1.54) is 0 Å². The summed E-state index contributed by atoms with van der Waals surface area (Å²) in [4.78, 5) is 0. The van der Waals surface area contributed by atoms with Gasteiger partial charge in [-0.25, -0.2) is 0 Å². The van der Waals surface area contributed by atoms with Gasteiger partial charge in [-0.15, -0.1) is 0 Å². The smallest absolute Gasteiger partial charge is 0.190 e. The molecule has 2 rings (SSSR count). The van der Waals surface area contributed by atoms with Crippen LogP contribution in [0.25, 0.3) is 0 Å². The topological polar surface area (TPSA) is 68.2 Å². The van der Waals surface area contributed by atoms with Gasteiger partial charge in [-0.1, -0.05) is 0 Å². The monoisotopic (exact) mass is 190 g/mol. The number of ether oxygens (including phenoxy) is 3. The van der Waals surface area contributed by atoms with Gasteiger partial charge in [0.25, 0.3) is 0 Å². The maximum Gasteiger partial charge on any atom is 0.190 e. The molecular weight excluding hydrogens is 176 g/mol. The van der Waals surface area contributed by atoms with E-state index < -0.39 is 30.4 Å². The van der Waals surface area contributed by atoms with Crippen LogP contribution in [0, 0.1) is 0 Å². The summed E-state index contributed by atoms with van der Waals surface area (Å²) in [6.45, 7) is 3.30. The second-order valence-electron chi connectivity index (χ2n) is 3.82. The van der Waals surface area contributed by atoms with Crippen molar-refractivity contribution in [3.63, 3.8) is 0 Å².